The van der Waals surface area contributed by atoms with Crippen molar-refractivity contribution in [2.75, 3.05) is 26.8 Å². The number of aryl methyl sites for hydroxylation is 3. The smallest absolute Gasteiger partial charge is 0.355 e. The monoisotopic (exact) mass is 710 g/mol. The molecule has 0 saturated carbocycles. The average molecular weight is 712 g/mol. The Hall–Kier alpha value is -3.40. The minimum absolute atomic E-state index is 0.272. The number of hydrogen-bond acceptors (Lipinski definition) is 5. The number of aromatic nitrogens is 3. The molecule has 0 fully saturated rings. The Balaban J connectivity index is 1.61. The van der Waals surface area contributed by atoms with Crippen molar-refractivity contribution >= 4 is 55.2 Å². The van der Waals surface area contributed by atoms with E-state index in [0.29, 0.717) is 47.8 Å². The summed E-state index contributed by atoms with van der Waals surface area (Å²) in [4.78, 5) is 13.8. The minimum atomic E-state index is -0.344. The van der Waals surface area contributed by atoms with Gasteiger partial charge in [0.15, 0.2) is 0 Å². The van der Waals surface area contributed by atoms with E-state index in [1.54, 1.807) is 6.07 Å². The lowest BCUT2D eigenvalue weighted by molar-refractivity contribution is 0.0512. The van der Waals surface area contributed by atoms with Crippen LogP contribution in [0.4, 0.5) is 4.39 Å². The molecule has 2 heterocycles. The number of unbranched alkanes of at least 4 members (excludes halogenated alkanes) is 1. The van der Waals surface area contributed by atoms with Gasteiger partial charge in [-0.2, -0.15) is 5.10 Å². The first-order chi connectivity index (χ1) is 22.3. The van der Waals surface area contributed by atoms with E-state index in [1.165, 1.54) is 12.1 Å². The second-order valence-corrected chi connectivity index (χ2v) is 12.2. The number of nitrogens with one attached hydrogen (secondary N) is 1. The molecule has 5 rings (SSSR count). The highest BCUT2D eigenvalue weighted by Gasteiger charge is 2.29. The fourth-order valence-electron chi connectivity index (χ4n) is 6.40. The number of benzene rings is 3. The van der Waals surface area contributed by atoms with Gasteiger partial charge < -0.3 is 19.4 Å². The van der Waals surface area contributed by atoms with Crippen LogP contribution in [-0.2, 0) is 36.5 Å². The number of rotatable bonds is 15. The van der Waals surface area contributed by atoms with Crippen LogP contribution < -0.4 is 10.1 Å². The average Bonchev–Trinajstić information content (AvgIpc) is 3.54. The molecule has 2 aromatic heterocycles. The number of nitrogens with zero attached hydrogens (tertiary/aromatic N) is 3. The zero-order valence-corrected chi connectivity index (χ0v) is 29.2. The number of carbonyl (C=O) groups excluding carboxylic acids is 1. The Kier molecular flexibility index (Phi) is 11.4. The summed E-state index contributed by atoms with van der Waals surface area (Å²) in [5.41, 5.74) is 6.29. The van der Waals surface area contributed by atoms with E-state index >= 15 is 0 Å². The van der Waals surface area contributed by atoms with E-state index in [9.17, 15) is 9.18 Å². The third-order valence-electron chi connectivity index (χ3n) is 8.39. The van der Waals surface area contributed by atoms with Gasteiger partial charge in [0.25, 0.3) is 0 Å². The highest BCUT2D eigenvalue weighted by Crippen LogP contribution is 2.43. The number of alkyl halides is 1. The number of ether oxygens (including phenoxy) is 2. The maximum Gasteiger partial charge on any atom is 0.355 e. The zero-order chi connectivity index (χ0) is 32.8. The van der Waals surface area contributed by atoms with Gasteiger partial charge in [-0.15, -0.1) is 0 Å². The summed E-state index contributed by atoms with van der Waals surface area (Å²) in [6, 6.07) is 14.3. The van der Waals surface area contributed by atoms with Gasteiger partial charge >= 0.3 is 5.97 Å². The number of halogens is 3. The molecule has 0 bridgehead atoms. The Bertz CT molecular complexity index is 1850. The Morgan fingerprint density at radius 1 is 1.07 bits per heavy atom. The molecule has 5 aromatic rings. The fraction of sp³-hybridized carbons (Fsp3) is 0.389. The number of esters is 1. The normalized spacial score (nSPS) is 11.5. The van der Waals surface area contributed by atoms with Crippen LogP contribution in [-0.4, -0.2) is 47.1 Å². The molecule has 46 heavy (non-hydrogen) atoms. The molecule has 0 amide bonds. The lowest BCUT2D eigenvalue weighted by atomic mass is 9.97. The molecule has 3 aromatic carbocycles. The predicted octanol–water partition coefficient (Wildman–Crippen LogP) is 8.63. The molecule has 1 N–H and O–H groups in total. The van der Waals surface area contributed by atoms with Gasteiger partial charge in [0.2, 0.25) is 0 Å². The largest absolute Gasteiger partial charge is 0.493 e. The van der Waals surface area contributed by atoms with E-state index in [2.05, 4.69) is 32.7 Å². The lowest BCUT2D eigenvalue weighted by Gasteiger charge is -2.15. The summed E-state index contributed by atoms with van der Waals surface area (Å²) >= 11 is 10.7. The van der Waals surface area contributed by atoms with Crippen molar-refractivity contribution < 1.29 is 18.7 Å². The number of carbonyl (C=O) groups is 1. The summed E-state index contributed by atoms with van der Waals surface area (Å²) in [6.07, 6.45) is 3.84. The van der Waals surface area contributed by atoms with E-state index in [4.69, 9.17) is 26.2 Å². The summed E-state index contributed by atoms with van der Waals surface area (Å²) in [6.45, 7) is 6.15. The zero-order valence-electron chi connectivity index (χ0n) is 26.9. The molecule has 0 aliphatic heterocycles. The van der Waals surface area contributed by atoms with Crippen LogP contribution in [0.2, 0.25) is 5.02 Å². The van der Waals surface area contributed by atoms with Crippen LogP contribution in [0.25, 0.3) is 32.8 Å². The van der Waals surface area contributed by atoms with Gasteiger partial charge in [-0.25, -0.2) is 9.18 Å². The standard InChI is InChI=1S/C36H41BrClFN4O3/c1-5-30-33(29(22-37)41-42(30)4)32-28(38)17-16-27-26(35(36(44)45-6-2)43(34(27)32)19-8-7-18-40-3)12-10-20-46-31-13-9-11-23-21-24(39)14-15-25(23)31/h9,11,13-17,21,40H,5-8,10,12,18-20,22H2,1-4H3. The van der Waals surface area contributed by atoms with Crippen LogP contribution in [0, 0.1) is 5.82 Å². The summed E-state index contributed by atoms with van der Waals surface area (Å²) in [5, 5.41) is 11.8. The first kappa shape index (κ1) is 33.9. The molecule has 0 spiro atoms. The van der Waals surface area contributed by atoms with Crippen molar-refractivity contribution in [3.8, 4) is 16.9 Å². The third kappa shape index (κ3) is 6.82. The Morgan fingerprint density at radius 2 is 1.87 bits per heavy atom. The lowest BCUT2D eigenvalue weighted by Crippen LogP contribution is -2.16. The molecule has 0 radical (unpaired) electrons. The van der Waals surface area contributed by atoms with Crippen LogP contribution in [0.15, 0.2) is 48.5 Å². The molecular weight excluding hydrogens is 671 g/mol. The van der Waals surface area contributed by atoms with Crippen molar-refractivity contribution in [2.24, 2.45) is 7.05 Å². The molecule has 10 heteroatoms. The highest BCUT2D eigenvalue weighted by atomic mass is 79.9. The molecule has 0 unspecified atom stereocenters. The number of fused-ring (bicyclic) bond motifs is 2. The first-order valence-electron chi connectivity index (χ1n) is 15.9. The molecule has 0 atom stereocenters. The van der Waals surface area contributed by atoms with Crippen molar-refractivity contribution in [1.82, 2.24) is 19.7 Å². The van der Waals surface area contributed by atoms with Gasteiger partial charge in [-0.1, -0.05) is 52.7 Å². The van der Waals surface area contributed by atoms with Crippen LogP contribution in [0.3, 0.4) is 0 Å². The molecule has 7 nitrogen and oxygen atoms in total. The second-order valence-electron chi connectivity index (χ2n) is 11.3. The molecule has 244 valence electrons. The third-order valence-corrected chi connectivity index (χ3v) is 9.23. The minimum Gasteiger partial charge on any atom is -0.493 e. The maximum absolute atomic E-state index is 13.8. The van der Waals surface area contributed by atoms with Crippen molar-refractivity contribution in [3.05, 3.63) is 82.0 Å². The van der Waals surface area contributed by atoms with Crippen molar-refractivity contribution in [2.45, 2.75) is 57.8 Å². The van der Waals surface area contributed by atoms with Crippen LogP contribution in [0.5, 0.6) is 5.75 Å². The molecule has 0 aliphatic carbocycles. The van der Waals surface area contributed by atoms with Gasteiger partial charge in [0.05, 0.1) is 29.4 Å². The quantitative estimate of drug-likeness (QED) is 0.0669. The highest BCUT2D eigenvalue weighted by molar-refractivity contribution is 9.08. The van der Waals surface area contributed by atoms with Crippen molar-refractivity contribution in [1.29, 1.82) is 0 Å². The first-order valence-corrected chi connectivity index (χ1v) is 17.4. The van der Waals surface area contributed by atoms with Crippen molar-refractivity contribution in [3.63, 3.8) is 0 Å². The van der Waals surface area contributed by atoms with Gasteiger partial charge in [0, 0.05) is 46.5 Å². The van der Waals surface area contributed by atoms with Gasteiger partial charge in [0.1, 0.15) is 17.3 Å². The van der Waals surface area contributed by atoms with Crippen LogP contribution >= 0.6 is 27.5 Å². The Morgan fingerprint density at radius 3 is 2.61 bits per heavy atom. The van der Waals surface area contributed by atoms with E-state index in [1.807, 2.05) is 56.0 Å². The SMILES string of the molecule is CCOC(=O)c1c(CCCOc2cccc3cc(F)ccc23)c2ccc(Cl)c(-c3c(CBr)nn(C)c3CC)c2n1CCCCNC. The Labute approximate surface area is 283 Å². The molecule has 0 saturated heterocycles. The fourth-order valence-corrected chi connectivity index (χ4v) is 7.04. The van der Waals surface area contributed by atoms with E-state index in [-0.39, 0.29) is 18.4 Å². The summed E-state index contributed by atoms with van der Waals surface area (Å²) < 4.78 is 29.8. The number of hydrogen-bond donors (Lipinski definition) is 1. The predicted molar refractivity (Wildman–Crippen MR) is 188 cm³/mol. The maximum atomic E-state index is 13.8. The second kappa shape index (κ2) is 15.5. The van der Waals surface area contributed by atoms with E-state index in [0.717, 1.165) is 75.6 Å². The van der Waals surface area contributed by atoms with Gasteiger partial charge in [-0.05, 0) is 93.9 Å². The summed E-state index contributed by atoms with van der Waals surface area (Å²) in [7, 11) is 3.90. The molecule has 0 aliphatic rings. The molecular formula is C36H41BrClFN4O3. The van der Waals surface area contributed by atoms with Gasteiger partial charge in [-0.3, -0.25) is 4.68 Å². The summed E-state index contributed by atoms with van der Waals surface area (Å²) in [5.74, 6) is 0.0812. The van der Waals surface area contributed by atoms with Crippen LogP contribution in [0.1, 0.15) is 60.5 Å². The topological polar surface area (TPSA) is 70.3 Å². The van der Waals surface area contributed by atoms with E-state index < -0.39 is 0 Å².